The summed E-state index contributed by atoms with van der Waals surface area (Å²) in [4.78, 5) is 23.9. The molecular weight excluding hydrogens is 277 g/mol. The van der Waals surface area contributed by atoms with Gasteiger partial charge in [-0.25, -0.2) is 0 Å². The zero-order chi connectivity index (χ0) is 15.6. The van der Waals surface area contributed by atoms with E-state index in [0.717, 1.165) is 4.90 Å². The Labute approximate surface area is 115 Å². The van der Waals surface area contributed by atoms with Gasteiger partial charge in [-0.15, -0.1) is 0 Å². The molecule has 1 aliphatic heterocycles. The van der Waals surface area contributed by atoms with Crippen LogP contribution >= 0.6 is 0 Å². The van der Waals surface area contributed by atoms with E-state index in [1.807, 2.05) is 0 Å². The van der Waals surface area contributed by atoms with E-state index in [1.165, 1.54) is 0 Å². The second-order valence-corrected chi connectivity index (χ2v) is 5.24. The number of nitrogens with zero attached hydrogens (tertiary/aromatic N) is 1. The van der Waals surface area contributed by atoms with Gasteiger partial charge < -0.3 is 15.3 Å². The molecule has 116 valence electrons. The van der Waals surface area contributed by atoms with Crippen LogP contribution in [0.1, 0.15) is 26.7 Å². The second-order valence-electron chi connectivity index (χ2n) is 5.24. The van der Waals surface area contributed by atoms with Gasteiger partial charge in [0, 0.05) is 19.1 Å². The van der Waals surface area contributed by atoms with Crippen molar-refractivity contribution >= 4 is 11.9 Å². The summed E-state index contributed by atoms with van der Waals surface area (Å²) in [6.45, 7) is 2.60. The average molecular weight is 296 g/mol. The van der Waals surface area contributed by atoms with Gasteiger partial charge in [-0.05, 0) is 26.8 Å². The third-order valence-electron chi connectivity index (χ3n) is 3.56. The van der Waals surface area contributed by atoms with Crippen molar-refractivity contribution in [3.8, 4) is 0 Å². The SMILES string of the molecule is CC(C)N(CCC(=O)O)C(=O)C1(C(F)(F)F)CCNC1. The predicted octanol–water partition coefficient (Wildman–Crippen LogP) is 1.24. The van der Waals surface area contributed by atoms with Gasteiger partial charge in [0.05, 0.1) is 6.42 Å². The first-order valence-electron chi connectivity index (χ1n) is 6.42. The lowest BCUT2D eigenvalue weighted by molar-refractivity contribution is -0.222. The van der Waals surface area contributed by atoms with Crippen LogP contribution in [0.15, 0.2) is 0 Å². The van der Waals surface area contributed by atoms with Gasteiger partial charge in [0.2, 0.25) is 5.91 Å². The summed E-state index contributed by atoms with van der Waals surface area (Å²) < 4.78 is 39.9. The van der Waals surface area contributed by atoms with Crippen LogP contribution in [0.5, 0.6) is 0 Å². The number of aliphatic carboxylic acids is 1. The number of halogens is 3. The first kappa shape index (κ1) is 16.7. The highest BCUT2D eigenvalue weighted by atomic mass is 19.4. The molecule has 1 heterocycles. The fraction of sp³-hybridized carbons (Fsp3) is 0.833. The summed E-state index contributed by atoms with van der Waals surface area (Å²) in [5.41, 5.74) is -2.43. The number of carboxylic acids is 1. The van der Waals surface area contributed by atoms with Crippen molar-refractivity contribution < 1.29 is 27.9 Å². The van der Waals surface area contributed by atoms with Crippen molar-refractivity contribution in [1.29, 1.82) is 0 Å². The maximum Gasteiger partial charge on any atom is 0.404 e. The molecule has 0 spiro atoms. The summed E-state index contributed by atoms with van der Waals surface area (Å²) in [5, 5.41) is 11.2. The van der Waals surface area contributed by atoms with Gasteiger partial charge in [0.15, 0.2) is 5.41 Å². The fourth-order valence-corrected chi connectivity index (χ4v) is 2.32. The van der Waals surface area contributed by atoms with E-state index in [9.17, 15) is 22.8 Å². The summed E-state index contributed by atoms with van der Waals surface area (Å²) in [5.74, 6) is -2.18. The summed E-state index contributed by atoms with van der Waals surface area (Å²) >= 11 is 0. The first-order chi connectivity index (χ1) is 9.12. The van der Waals surface area contributed by atoms with E-state index in [4.69, 9.17) is 5.11 Å². The van der Waals surface area contributed by atoms with Crippen LogP contribution in [0, 0.1) is 5.41 Å². The van der Waals surface area contributed by atoms with Crippen molar-refractivity contribution in [3.05, 3.63) is 0 Å². The van der Waals surface area contributed by atoms with Gasteiger partial charge >= 0.3 is 12.1 Å². The second kappa shape index (κ2) is 5.99. The first-order valence-corrected chi connectivity index (χ1v) is 6.42. The molecular formula is C12H19F3N2O3. The predicted molar refractivity (Wildman–Crippen MR) is 65.1 cm³/mol. The average Bonchev–Trinajstić information content (AvgIpc) is 2.77. The molecule has 1 atom stereocenters. The smallest absolute Gasteiger partial charge is 0.404 e. The summed E-state index contributed by atoms with van der Waals surface area (Å²) in [6.07, 6.45) is -5.33. The van der Waals surface area contributed by atoms with Crippen molar-refractivity contribution in [1.82, 2.24) is 10.2 Å². The molecule has 1 aliphatic rings. The Morgan fingerprint density at radius 2 is 2.00 bits per heavy atom. The molecule has 1 amide bonds. The summed E-state index contributed by atoms with van der Waals surface area (Å²) in [6, 6.07) is -0.485. The molecule has 1 fully saturated rings. The minimum absolute atomic E-state index is 0.121. The lowest BCUT2D eigenvalue weighted by Gasteiger charge is -2.37. The number of rotatable bonds is 5. The van der Waals surface area contributed by atoms with E-state index < -0.39 is 36.1 Å². The van der Waals surface area contributed by atoms with Gasteiger partial charge in [-0.1, -0.05) is 0 Å². The van der Waals surface area contributed by atoms with Gasteiger partial charge in [0.1, 0.15) is 0 Å². The van der Waals surface area contributed by atoms with Gasteiger partial charge in [-0.3, -0.25) is 9.59 Å². The standard InChI is InChI=1S/C12H19F3N2O3/c1-8(2)17(6-3-9(18)19)10(20)11(12(13,14)15)4-5-16-7-11/h8,16H,3-7H2,1-2H3,(H,18,19). The number of carbonyl (C=O) groups is 2. The van der Waals surface area contributed by atoms with Crippen LogP contribution in [0.3, 0.4) is 0 Å². The molecule has 5 nitrogen and oxygen atoms in total. The van der Waals surface area contributed by atoms with E-state index in [0.29, 0.717) is 0 Å². The highest BCUT2D eigenvalue weighted by Gasteiger charge is 2.62. The Balaban J connectivity index is 2.99. The Kier molecular flexibility index (Phi) is 5.01. The van der Waals surface area contributed by atoms with Crippen molar-refractivity contribution in [2.75, 3.05) is 19.6 Å². The molecule has 1 unspecified atom stereocenters. The molecule has 8 heteroatoms. The molecule has 1 rings (SSSR count). The normalized spacial score (nSPS) is 23.1. The number of amides is 1. The zero-order valence-corrected chi connectivity index (χ0v) is 11.5. The molecule has 0 aromatic heterocycles. The Morgan fingerprint density at radius 3 is 2.35 bits per heavy atom. The minimum Gasteiger partial charge on any atom is -0.481 e. The Morgan fingerprint density at radius 1 is 1.40 bits per heavy atom. The number of nitrogens with one attached hydrogen (secondary N) is 1. The van der Waals surface area contributed by atoms with E-state index >= 15 is 0 Å². The molecule has 0 bridgehead atoms. The Hall–Kier alpha value is -1.31. The van der Waals surface area contributed by atoms with Crippen molar-refractivity contribution in [3.63, 3.8) is 0 Å². The van der Waals surface area contributed by atoms with E-state index in [-0.39, 0.29) is 25.9 Å². The quantitative estimate of drug-likeness (QED) is 0.801. The topological polar surface area (TPSA) is 69.6 Å². The van der Waals surface area contributed by atoms with Gasteiger partial charge in [-0.2, -0.15) is 13.2 Å². The molecule has 0 radical (unpaired) electrons. The third kappa shape index (κ3) is 3.23. The maximum atomic E-state index is 13.3. The molecule has 1 saturated heterocycles. The highest BCUT2D eigenvalue weighted by Crippen LogP contribution is 2.44. The fourth-order valence-electron chi connectivity index (χ4n) is 2.32. The third-order valence-corrected chi connectivity index (χ3v) is 3.56. The molecule has 0 saturated carbocycles. The Bertz CT molecular complexity index is 377. The number of hydrogen-bond donors (Lipinski definition) is 2. The van der Waals surface area contributed by atoms with Crippen LogP contribution in [0.25, 0.3) is 0 Å². The monoisotopic (exact) mass is 296 g/mol. The van der Waals surface area contributed by atoms with Crippen LogP contribution in [-0.4, -0.2) is 53.7 Å². The number of carboxylic acid groups (broad SMARTS) is 1. The number of alkyl halides is 3. The molecule has 0 aromatic carbocycles. The van der Waals surface area contributed by atoms with E-state index in [1.54, 1.807) is 13.8 Å². The van der Waals surface area contributed by atoms with Crippen LogP contribution in [0.2, 0.25) is 0 Å². The van der Waals surface area contributed by atoms with Crippen LogP contribution < -0.4 is 5.32 Å². The van der Waals surface area contributed by atoms with Crippen molar-refractivity contribution in [2.24, 2.45) is 5.41 Å². The summed E-state index contributed by atoms with van der Waals surface area (Å²) in [7, 11) is 0. The molecule has 0 aliphatic carbocycles. The maximum absolute atomic E-state index is 13.3. The van der Waals surface area contributed by atoms with E-state index in [2.05, 4.69) is 5.32 Å². The number of carbonyl (C=O) groups excluding carboxylic acids is 1. The molecule has 20 heavy (non-hydrogen) atoms. The largest absolute Gasteiger partial charge is 0.481 e. The molecule has 2 N–H and O–H groups in total. The van der Waals surface area contributed by atoms with Gasteiger partial charge in [0.25, 0.3) is 0 Å². The zero-order valence-electron chi connectivity index (χ0n) is 11.5. The molecule has 0 aromatic rings. The highest BCUT2D eigenvalue weighted by molar-refractivity contribution is 5.85. The lowest BCUT2D eigenvalue weighted by Crippen LogP contribution is -2.55. The minimum atomic E-state index is -4.65. The van der Waals surface area contributed by atoms with Crippen LogP contribution in [-0.2, 0) is 9.59 Å². The van der Waals surface area contributed by atoms with Crippen molar-refractivity contribution in [2.45, 2.75) is 38.9 Å². The lowest BCUT2D eigenvalue weighted by atomic mass is 9.84. The van der Waals surface area contributed by atoms with Crippen LogP contribution in [0.4, 0.5) is 13.2 Å². The number of hydrogen-bond acceptors (Lipinski definition) is 3.